The lowest BCUT2D eigenvalue weighted by molar-refractivity contribution is -0.145. The number of nitrogens with one attached hydrogen (secondary N) is 1. The molecule has 0 saturated carbocycles. The Morgan fingerprint density at radius 1 is 1.07 bits per heavy atom. The van der Waals surface area contributed by atoms with E-state index in [4.69, 9.17) is 4.42 Å². The minimum absolute atomic E-state index is 0.0657. The van der Waals surface area contributed by atoms with Gasteiger partial charge in [0.25, 0.3) is 10.0 Å². The molecule has 1 amide bonds. The Bertz CT molecular complexity index is 1730. The van der Waals surface area contributed by atoms with E-state index in [0.717, 1.165) is 36.8 Å². The summed E-state index contributed by atoms with van der Waals surface area (Å²) in [4.78, 5) is 23.1. The molecule has 9 nitrogen and oxygen atoms in total. The summed E-state index contributed by atoms with van der Waals surface area (Å²) in [5.74, 6) is -3.95. The standard InChI is InChI=1S/C25H19F6N5O4S/c1-12-18(27)7-19(36(12)41(38,39)21-6-13-5-17(26)2-3-20(13)40-21)23(37)33-9-15-4-14(8-32-22(15)28)16-10-34-24(35-11-16)25(29,30)31/h2-6,8,10-12,18-19H,7,9H2,1H3,(H,33,37)/t12-,18+,19-/m0/s1. The highest BCUT2D eigenvalue weighted by atomic mass is 32.2. The van der Waals surface area contributed by atoms with Gasteiger partial charge in [0.05, 0.1) is 6.04 Å². The van der Waals surface area contributed by atoms with Crippen LogP contribution in [0.1, 0.15) is 24.7 Å². The lowest BCUT2D eigenvalue weighted by Crippen LogP contribution is -2.48. The summed E-state index contributed by atoms with van der Waals surface area (Å²) in [6.07, 6.45) is -4.18. The van der Waals surface area contributed by atoms with Gasteiger partial charge in [-0.1, -0.05) is 0 Å². The van der Waals surface area contributed by atoms with Gasteiger partial charge in [-0.05, 0) is 31.2 Å². The molecule has 1 aliphatic heterocycles. The molecule has 0 unspecified atom stereocenters. The van der Waals surface area contributed by atoms with Gasteiger partial charge in [-0.3, -0.25) is 4.79 Å². The number of hydrogen-bond acceptors (Lipinski definition) is 7. The number of aromatic nitrogens is 3. The first kappa shape index (κ1) is 28.5. The van der Waals surface area contributed by atoms with E-state index in [0.29, 0.717) is 4.31 Å². The number of rotatable bonds is 6. The van der Waals surface area contributed by atoms with E-state index in [-0.39, 0.29) is 27.7 Å². The Hall–Kier alpha value is -4.05. The van der Waals surface area contributed by atoms with Gasteiger partial charge in [0.15, 0.2) is 0 Å². The summed E-state index contributed by atoms with van der Waals surface area (Å²) in [6, 6.07) is 2.83. The SMILES string of the molecule is C[C@H]1[C@H](F)C[C@@H](C(=O)NCc2cc(-c3cnc(C(F)(F)F)nc3)cnc2F)N1S(=O)(=O)c1cc2cc(F)ccc2o1. The quantitative estimate of drug-likeness (QED) is 0.258. The predicted octanol–water partition coefficient (Wildman–Crippen LogP) is 4.39. The summed E-state index contributed by atoms with van der Waals surface area (Å²) in [5, 5.41) is 1.90. The molecule has 216 valence electrons. The van der Waals surface area contributed by atoms with Crippen LogP contribution in [0.5, 0.6) is 0 Å². The van der Waals surface area contributed by atoms with Crippen molar-refractivity contribution < 1.29 is 44.0 Å². The minimum Gasteiger partial charge on any atom is -0.443 e. The number of fused-ring (bicyclic) bond motifs is 1. The number of carbonyl (C=O) groups excluding carboxylic acids is 1. The highest BCUT2D eigenvalue weighted by molar-refractivity contribution is 7.89. The number of hydrogen-bond donors (Lipinski definition) is 1. The number of sulfonamides is 1. The summed E-state index contributed by atoms with van der Waals surface area (Å²) < 4.78 is 114. The molecule has 41 heavy (non-hydrogen) atoms. The first-order valence-corrected chi connectivity index (χ1v) is 13.4. The van der Waals surface area contributed by atoms with Crippen LogP contribution in [-0.2, 0) is 27.5 Å². The Kier molecular flexibility index (Phi) is 7.23. The lowest BCUT2D eigenvalue weighted by Gasteiger charge is -2.25. The van der Waals surface area contributed by atoms with Crippen LogP contribution in [0.25, 0.3) is 22.1 Å². The van der Waals surface area contributed by atoms with Gasteiger partial charge in [0, 0.05) is 59.7 Å². The van der Waals surface area contributed by atoms with Gasteiger partial charge in [-0.25, -0.2) is 32.2 Å². The second kappa shape index (κ2) is 10.4. The molecule has 1 N–H and O–H groups in total. The van der Waals surface area contributed by atoms with Gasteiger partial charge in [-0.15, -0.1) is 0 Å². The predicted molar refractivity (Wildman–Crippen MR) is 130 cm³/mol. The lowest BCUT2D eigenvalue weighted by atomic mass is 10.1. The molecule has 0 radical (unpaired) electrons. The molecule has 0 bridgehead atoms. The molecule has 3 aromatic heterocycles. The number of halogens is 6. The highest BCUT2D eigenvalue weighted by Gasteiger charge is 2.50. The van der Waals surface area contributed by atoms with Crippen LogP contribution in [0.15, 0.2) is 58.4 Å². The van der Waals surface area contributed by atoms with Gasteiger partial charge >= 0.3 is 6.18 Å². The van der Waals surface area contributed by atoms with Gasteiger partial charge < -0.3 is 9.73 Å². The third-order valence-corrected chi connectivity index (χ3v) is 8.43. The van der Waals surface area contributed by atoms with Gasteiger partial charge in [-0.2, -0.15) is 21.9 Å². The van der Waals surface area contributed by atoms with E-state index >= 15 is 0 Å². The van der Waals surface area contributed by atoms with Crippen molar-refractivity contribution in [2.75, 3.05) is 0 Å². The Balaban J connectivity index is 1.36. The molecule has 16 heteroatoms. The molecule has 4 heterocycles. The van der Waals surface area contributed by atoms with Crippen LogP contribution < -0.4 is 5.32 Å². The Labute approximate surface area is 228 Å². The van der Waals surface area contributed by atoms with Crippen LogP contribution >= 0.6 is 0 Å². The third-order valence-electron chi connectivity index (χ3n) is 6.57. The Morgan fingerprint density at radius 2 is 1.76 bits per heavy atom. The fourth-order valence-electron chi connectivity index (χ4n) is 4.49. The number of nitrogens with zero attached hydrogens (tertiary/aromatic N) is 4. The molecule has 1 aromatic carbocycles. The van der Waals surface area contributed by atoms with E-state index in [1.165, 1.54) is 19.1 Å². The van der Waals surface area contributed by atoms with Crippen LogP contribution in [0.2, 0.25) is 0 Å². The second-order valence-corrected chi connectivity index (χ2v) is 11.0. The van der Waals surface area contributed by atoms with E-state index in [1.807, 2.05) is 0 Å². The molecule has 3 atom stereocenters. The van der Waals surface area contributed by atoms with E-state index in [9.17, 15) is 39.6 Å². The first-order valence-electron chi connectivity index (χ1n) is 11.9. The summed E-state index contributed by atoms with van der Waals surface area (Å²) in [6.45, 7) is 0.768. The molecule has 5 rings (SSSR count). The van der Waals surface area contributed by atoms with E-state index in [2.05, 4.69) is 20.3 Å². The van der Waals surface area contributed by atoms with Crippen molar-refractivity contribution in [3.63, 3.8) is 0 Å². The maximum Gasteiger partial charge on any atom is 0.451 e. The largest absolute Gasteiger partial charge is 0.451 e. The van der Waals surface area contributed by atoms with Crippen molar-refractivity contribution in [1.82, 2.24) is 24.6 Å². The summed E-state index contributed by atoms with van der Waals surface area (Å²) in [5.41, 5.74) is 0.113. The van der Waals surface area contributed by atoms with Crippen LogP contribution in [-0.4, -0.2) is 51.8 Å². The zero-order chi connectivity index (χ0) is 29.7. The number of amides is 1. The molecular formula is C25H19F6N5O4S. The average molecular weight is 600 g/mol. The summed E-state index contributed by atoms with van der Waals surface area (Å²) in [7, 11) is -4.57. The minimum atomic E-state index is -4.75. The van der Waals surface area contributed by atoms with E-state index in [1.54, 1.807) is 0 Å². The molecule has 0 spiro atoms. The van der Waals surface area contributed by atoms with Crippen molar-refractivity contribution in [1.29, 1.82) is 0 Å². The third kappa shape index (κ3) is 5.48. The fraction of sp³-hybridized carbons (Fsp3) is 0.280. The normalized spacial score (nSPS) is 20.0. The van der Waals surface area contributed by atoms with Crippen molar-refractivity contribution in [3.8, 4) is 11.1 Å². The molecule has 1 saturated heterocycles. The monoisotopic (exact) mass is 599 g/mol. The number of carbonyl (C=O) groups is 1. The van der Waals surface area contributed by atoms with Crippen LogP contribution in [0.4, 0.5) is 26.3 Å². The van der Waals surface area contributed by atoms with Crippen molar-refractivity contribution in [2.24, 2.45) is 0 Å². The van der Waals surface area contributed by atoms with Crippen LogP contribution in [0, 0.1) is 11.8 Å². The molecule has 0 aliphatic carbocycles. The summed E-state index contributed by atoms with van der Waals surface area (Å²) >= 11 is 0. The molecule has 4 aromatic rings. The Morgan fingerprint density at radius 3 is 2.44 bits per heavy atom. The van der Waals surface area contributed by atoms with E-state index < -0.39 is 76.0 Å². The van der Waals surface area contributed by atoms with Crippen LogP contribution in [0.3, 0.4) is 0 Å². The second-order valence-electron chi connectivity index (χ2n) is 9.28. The average Bonchev–Trinajstić information content (AvgIpc) is 3.48. The smallest absolute Gasteiger partial charge is 0.443 e. The zero-order valence-electron chi connectivity index (χ0n) is 20.9. The highest BCUT2D eigenvalue weighted by Crippen LogP contribution is 2.35. The zero-order valence-corrected chi connectivity index (χ0v) is 21.7. The van der Waals surface area contributed by atoms with Gasteiger partial charge in [0.2, 0.25) is 22.8 Å². The fourth-order valence-corrected chi connectivity index (χ4v) is 6.25. The van der Waals surface area contributed by atoms with Gasteiger partial charge in [0.1, 0.15) is 23.6 Å². The van der Waals surface area contributed by atoms with Crippen molar-refractivity contribution in [3.05, 3.63) is 72.1 Å². The maximum atomic E-state index is 14.7. The number of pyridine rings is 1. The molecule has 1 fully saturated rings. The molecule has 1 aliphatic rings. The van der Waals surface area contributed by atoms with Crippen molar-refractivity contribution in [2.45, 2.75) is 49.4 Å². The topological polar surface area (TPSA) is 118 Å². The maximum absolute atomic E-state index is 14.7. The number of alkyl halides is 4. The number of furan rings is 1. The molecular weight excluding hydrogens is 580 g/mol. The first-order chi connectivity index (χ1) is 19.3. The number of benzene rings is 1. The van der Waals surface area contributed by atoms with Crippen molar-refractivity contribution >= 4 is 26.9 Å².